The minimum atomic E-state index is -4.85. The van der Waals surface area contributed by atoms with Gasteiger partial charge in [-0.25, -0.2) is 8.78 Å². The van der Waals surface area contributed by atoms with E-state index in [4.69, 9.17) is 11.6 Å². The van der Waals surface area contributed by atoms with Crippen LogP contribution in [0.25, 0.3) is 0 Å². The summed E-state index contributed by atoms with van der Waals surface area (Å²) in [5, 5.41) is 2.56. The number of halogens is 8. The van der Waals surface area contributed by atoms with Gasteiger partial charge in [0.15, 0.2) is 22.5 Å². The first-order valence-electron chi connectivity index (χ1n) is 7.27. The molecule has 2 rings (SSSR count). The van der Waals surface area contributed by atoms with Gasteiger partial charge in [0.25, 0.3) is 5.91 Å². The Hall–Kier alpha value is -2.60. The van der Waals surface area contributed by atoms with Crippen molar-refractivity contribution in [1.29, 1.82) is 0 Å². The topological polar surface area (TPSA) is 50.4 Å². The minimum absolute atomic E-state index is 0.244. The first kappa shape index (κ1) is 22.7. The maximum atomic E-state index is 13.9. The summed E-state index contributed by atoms with van der Waals surface area (Å²) in [5.41, 5.74) is -3.57. The molecule has 4 nitrogen and oxygen atoms in total. The van der Waals surface area contributed by atoms with E-state index in [0.29, 0.717) is 6.07 Å². The van der Waals surface area contributed by atoms with Gasteiger partial charge in [0, 0.05) is 5.02 Å². The van der Waals surface area contributed by atoms with Gasteiger partial charge in [-0.3, -0.25) is 10.1 Å². The molecule has 0 aliphatic carbocycles. The molecule has 0 radical (unpaired) electrons. The number of nitrogens with one attached hydrogen (secondary N) is 2. The summed E-state index contributed by atoms with van der Waals surface area (Å²) in [6.45, 7) is 0. The Kier molecular flexibility index (Phi) is 6.58. The molecular formula is C16H8ClF7N2O2S. The fraction of sp³-hybridized carbons (Fsp3) is 0.125. The van der Waals surface area contributed by atoms with Crippen LogP contribution < -0.4 is 15.4 Å². The molecule has 13 heteroatoms. The molecule has 29 heavy (non-hydrogen) atoms. The van der Waals surface area contributed by atoms with E-state index >= 15 is 0 Å². The van der Waals surface area contributed by atoms with E-state index in [1.165, 1.54) is 0 Å². The number of hydrogen-bond acceptors (Lipinski definition) is 3. The maximum Gasteiger partial charge on any atom is 0.418 e. The molecule has 0 fully saturated rings. The molecule has 0 saturated heterocycles. The van der Waals surface area contributed by atoms with Crippen molar-refractivity contribution in [3.05, 3.63) is 57.6 Å². The number of amides is 1. The zero-order valence-corrected chi connectivity index (χ0v) is 15.6. The predicted molar refractivity (Wildman–Crippen MR) is 93.0 cm³/mol. The molecule has 2 aromatic carbocycles. The smallest absolute Gasteiger partial charge is 0.418 e. The van der Waals surface area contributed by atoms with Gasteiger partial charge in [-0.2, -0.15) is 22.0 Å². The molecule has 0 aliphatic heterocycles. The number of rotatable bonds is 3. The highest BCUT2D eigenvalue weighted by molar-refractivity contribution is 7.80. The Labute approximate surface area is 168 Å². The zero-order chi connectivity index (χ0) is 22.1. The average molecular weight is 461 g/mol. The summed E-state index contributed by atoms with van der Waals surface area (Å²) >= 11 is 10.1. The van der Waals surface area contributed by atoms with Gasteiger partial charge >= 0.3 is 6.18 Å². The first-order valence-corrected chi connectivity index (χ1v) is 8.06. The zero-order valence-electron chi connectivity index (χ0n) is 14.0. The quantitative estimate of drug-likeness (QED) is 0.382. The van der Waals surface area contributed by atoms with Gasteiger partial charge in [-0.1, -0.05) is 11.6 Å². The predicted octanol–water partition coefficient (Wildman–Crippen LogP) is 5.05. The lowest BCUT2D eigenvalue weighted by Gasteiger charge is -2.16. The van der Waals surface area contributed by atoms with Crippen molar-refractivity contribution in [1.82, 2.24) is 5.32 Å². The van der Waals surface area contributed by atoms with Crippen LogP contribution in [0.1, 0.15) is 15.9 Å². The molecule has 0 spiro atoms. The number of ether oxygens (including phenoxy) is 1. The fourth-order valence-electron chi connectivity index (χ4n) is 2.17. The van der Waals surface area contributed by atoms with E-state index in [0.717, 1.165) is 19.2 Å². The summed E-state index contributed by atoms with van der Waals surface area (Å²) in [7, 11) is 0.740. The highest BCUT2D eigenvalue weighted by Gasteiger charge is 2.34. The Morgan fingerprint density at radius 3 is 2.10 bits per heavy atom. The van der Waals surface area contributed by atoms with E-state index in [-0.39, 0.29) is 5.02 Å². The first-order chi connectivity index (χ1) is 13.4. The second-order valence-electron chi connectivity index (χ2n) is 5.26. The summed E-state index contributed by atoms with van der Waals surface area (Å²) in [6, 6.07) is 2.54. The van der Waals surface area contributed by atoms with Crippen molar-refractivity contribution in [2.75, 3.05) is 12.4 Å². The number of carbonyl (C=O) groups excluding carboxylic acids is 1. The second-order valence-corrected chi connectivity index (χ2v) is 6.10. The molecule has 0 aliphatic rings. The van der Waals surface area contributed by atoms with Gasteiger partial charge in [-0.05, 0) is 30.4 Å². The fourth-order valence-corrected chi connectivity index (χ4v) is 2.54. The van der Waals surface area contributed by atoms with E-state index < -0.39 is 63.0 Å². The molecule has 0 heterocycles. The number of alkyl halides is 3. The van der Waals surface area contributed by atoms with Crippen LogP contribution >= 0.6 is 23.8 Å². The molecule has 1 amide bonds. The molecule has 0 atom stereocenters. The lowest BCUT2D eigenvalue weighted by molar-refractivity contribution is -0.136. The summed E-state index contributed by atoms with van der Waals surface area (Å²) in [6.07, 6.45) is -4.85. The summed E-state index contributed by atoms with van der Waals surface area (Å²) in [4.78, 5) is 12.0. The maximum absolute atomic E-state index is 13.9. The molecule has 156 valence electrons. The molecule has 0 saturated carbocycles. The third-order valence-electron chi connectivity index (χ3n) is 3.42. The number of carbonyl (C=O) groups is 1. The van der Waals surface area contributed by atoms with E-state index in [9.17, 15) is 35.5 Å². The number of anilines is 1. The lowest BCUT2D eigenvalue weighted by atomic mass is 10.1. The van der Waals surface area contributed by atoms with Crippen molar-refractivity contribution in [2.45, 2.75) is 6.18 Å². The SMILES string of the molecule is COc1c(F)c(F)c(C(=O)NC(=S)Nc2ccc(Cl)cc2C(F)(F)F)c(F)c1F. The standard InChI is InChI=1S/C16H8ClF7N2O2S/c1-28-13-11(20)9(18)8(10(19)12(13)21)14(27)26-15(29)25-7-3-2-5(17)4-6(7)16(22,23)24/h2-4H,1H3,(H2,25,26,27,29). The van der Waals surface area contributed by atoms with E-state index in [1.54, 1.807) is 5.32 Å². The van der Waals surface area contributed by atoms with Crippen LogP contribution in [0.15, 0.2) is 18.2 Å². The molecule has 0 bridgehead atoms. The normalized spacial score (nSPS) is 11.2. The van der Waals surface area contributed by atoms with Gasteiger partial charge in [0.1, 0.15) is 5.56 Å². The third kappa shape index (κ3) is 4.70. The van der Waals surface area contributed by atoms with Crippen molar-refractivity contribution >= 4 is 40.5 Å². The summed E-state index contributed by atoms with van der Waals surface area (Å²) in [5.74, 6) is -11.3. The minimum Gasteiger partial charge on any atom is -0.491 e. The largest absolute Gasteiger partial charge is 0.491 e. The van der Waals surface area contributed by atoms with E-state index in [1.807, 2.05) is 5.32 Å². The van der Waals surface area contributed by atoms with Crippen LogP contribution in [-0.2, 0) is 6.18 Å². The number of hydrogen-bond donors (Lipinski definition) is 2. The number of benzene rings is 2. The highest BCUT2D eigenvalue weighted by atomic mass is 35.5. The molecule has 0 aromatic heterocycles. The van der Waals surface area contributed by atoms with E-state index in [2.05, 4.69) is 17.0 Å². The van der Waals surface area contributed by atoms with Gasteiger partial charge in [0.05, 0.1) is 18.4 Å². The van der Waals surface area contributed by atoms with Gasteiger partial charge < -0.3 is 10.1 Å². The molecule has 2 N–H and O–H groups in total. The Morgan fingerprint density at radius 1 is 1.07 bits per heavy atom. The second kappa shape index (κ2) is 8.41. The van der Waals surface area contributed by atoms with Crippen LogP contribution in [0.5, 0.6) is 5.75 Å². The van der Waals surface area contributed by atoms with Crippen LogP contribution in [0.3, 0.4) is 0 Å². The molecule has 2 aromatic rings. The Morgan fingerprint density at radius 2 is 1.62 bits per heavy atom. The average Bonchev–Trinajstić information content (AvgIpc) is 2.61. The van der Waals surface area contributed by atoms with Crippen LogP contribution in [-0.4, -0.2) is 18.1 Å². The van der Waals surface area contributed by atoms with Crippen molar-refractivity contribution < 1.29 is 40.3 Å². The lowest BCUT2D eigenvalue weighted by Crippen LogP contribution is -2.36. The van der Waals surface area contributed by atoms with Crippen LogP contribution in [0, 0.1) is 23.3 Å². The Bertz CT molecular complexity index is 969. The molecular weight excluding hydrogens is 453 g/mol. The summed E-state index contributed by atoms with van der Waals surface area (Å²) < 4.78 is 98.6. The number of thiocarbonyl (C=S) groups is 1. The third-order valence-corrected chi connectivity index (χ3v) is 3.86. The van der Waals surface area contributed by atoms with Crippen LogP contribution in [0.2, 0.25) is 5.02 Å². The van der Waals surface area contributed by atoms with Crippen molar-refractivity contribution in [3.63, 3.8) is 0 Å². The van der Waals surface area contributed by atoms with Gasteiger partial charge in [0.2, 0.25) is 11.6 Å². The molecule has 0 unspecified atom stereocenters. The Balaban J connectivity index is 2.31. The number of methoxy groups -OCH3 is 1. The van der Waals surface area contributed by atoms with Crippen LogP contribution in [0.4, 0.5) is 36.4 Å². The van der Waals surface area contributed by atoms with Crippen molar-refractivity contribution in [3.8, 4) is 5.75 Å². The van der Waals surface area contributed by atoms with Gasteiger partial charge in [-0.15, -0.1) is 0 Å². The highest BCUT2D eigenvalue weighted by Crippen LogP contribution is 2.36. The monoisotopic (exact) mass is 460 g/mol. The van der Waals surface area contributed by atoms with Crippen molar-refractivity contribution in [2.24, 2.45) is 0 Å².